The van der Waals surface area contributed by atoms with Crippen molar-refractivity contribution in [1.29, 1.82) is 0 Å². The van der Waals surface area contributed by atoms with E-state index in [4.69, 9.17) is 0 Å². The molecule has 0 aliphatic carbocycles. The minimum absolute atomic E-state index is 0.0826. The number of fused-ring (bicyclic) bond motifs is 1. The van der Waals surface area contributed by atoms with E-state index in [1.807, 2.05) is 24.3 Å². The summed E-state index contributed by atoms with van der Waals surface area (Å²) in [6, 6.07) is 7.34. The highest BCUT2D eigenvalue weighted by molar-refractivity contribution is 6.01. The number of hydrogen-bond donors (Lipinski definition) is 0. The van der Waals surface area contributed by atoms with Crippen LogP contribution in [0.1, 0.15) is 42.6 Å². The maximum atomic E-state index is 12.5. The van der Waals surface area contributed by atoms with E-state index in [1.54, 1.807) is 0 Å². The van der Waals surface area contributed by atoms with E-state index < -0.39 is 0 Å². The Morgan fingerprint density at radius 3 is 2.48 bits per heavy atom. The van der Waals surface area contributed by atoms with Gasteiger partial charge < -0.3 is 4.90 Å². The molecule has 112 valence electrons. The van der Waals surface area contributed by atoms with E-state index in [1.165, 1.54) is 11.5 Å². The van der Waals surface area contributed by atoms with Gasteiger partial charge in [0.2, 0.25) is 5.91 Å². The number of carbonyl (C=O) groups is 2. The molecule has 0 saturated heterocycles. The Bertz CT molecular complexity index is 657. The van der Waals surface area contributed by atoms with Crippen LogP contribution in [0, 0.1) is 0 Å². The van der Waals surface area contributed by atoms with Gasteiger partial charge in [0.05, 0.1) is 11.0 Å². The van der Waals surface area contributed by atoms with Gasteiger partial charge in [-0.2, -0.15) is 0 Å². The molecule has 2 aromatic rings. The van der Waals surface area contributed by atoms with Crippen molar-refractivity contribution >= 4 is 22.7 Å². The van der Waals surface area contributed by atoms with Crippen molar-refractivity contribution in [2.24, 2.45) is 0 Å². The van der Waals surface area contributed by atoms with Crippen molar-refractivity contribution in [2.45, 2.75) is 27.2 Å². The molecule has 0 radical (unpaired) electrons. The number of rotatable bonds is 6. The highest BCUT2D eigenvalue weighted by atomic mass is 16.2. The third-order valence-corrected chi connectivity index (χ3v) is 3.66. The number of imidazole rings is 1. The maximum absolute atomic E-state index is 12.5. The number of aromatic nitrogens is 2. The van der Waals surface area contributed by atoms with E-state index in [2.05, 4.69) is 23.7 Å². The van der Waals surface area contributed by atoms with E-state index in [0.717, 1.165) is 13.1 Å². The fraction of sp³-hybridized carbons (Fsp3) is 0.438. The van der Waals surface area contributed by atoms with Gasteiger partial charge in [-0.3, -0.25) is 14.2 Å². The molecule has 0 N–H and O–H groups in total. The van der Waals surface area contributed by atoms with Crippen molar-refractivity contribution in [2.75, 3.05) is 19.6 Å². The summed E-state index contributed by atoms with van der Waals surface area (Å²) in [5.41, 5.74) is 1.38. The van der Waals surface area contributed by atoms with Gasteiger partial charge in [-0.15, -0.1) is 0 Å². The topological polar surface area (TPSA) is 55.2 Å². The van der Waals surface area contributed by atoms with E-state index >= 15 is 0 Å². The first-order valence-corrected chi connectivity index (χ1v) is 7.32. The van der Waals surface area contributed by atoms with Crippen LogP contribution in [-0.4, -0.2) is 45.8 Å². The average molecular weight is 287 g/mol. The minimum Gasteiger partial charge on any atom is -0.303 e. The maximum Gasteiger partial charge on any atom is 0.234 e. The van der Waals surface area contributed by atoms with Gasteiger partial charge in [0.25, 0.3) is 0 Å². The summed E-state index contributed by atoms with van der Waals surface area (Å²) >= 11 is 0. The first kappa shape index (κ1) is 15.4. The molecule has 1 aromatic carbocycles. The predicted octanol–water partition coefficient (Wildman–Crippen LogP) is 2.61. The highest BCUT2D eigenvalue weighted by Crippen LogP contribution is 2.17. The largest absolute Gasteiger partial charge is 0.303 e. The van der Waals surface area contributed by atoms with Crippen LogP contribution < -0.4 is 0 Å². The smallest absolute Gasteiger partial charge is 0.234 e. The third kappa shape index (κ3) is 3.19. The predicted molar refractivity (Wildman–Crippen MR) is 82.8 cm³/mol. The second-order valence-corrected chi connectivity index (χ2v) is 4.99. The van der Waals surface area contributed by atoms with E-state index in [9.17, 15) is 9.59 Å². The second kappa shape index (κ2) is 6.63. The minimum atomic E-state index is -0.192. The molecule has 5 nitrogen and oxygen atoms in total. The Labute approximate surface area is 124 Å². The van der Waals surface area contributed by atoms with Crippen LogP contribution in [0.3, 0.4) is 0 Å². The SMILES string of the molecule is CCN(CC)CCC(=O)n1c(C(C)=O)nc2ccccc21. The van der Waals surface area contributed by atoms with Gasteiger partial charge in [0.15, 0.2) is 11.6 Å². The number of nitrogens with zero attached hydrogens (tertiary/aromatic N) is 3. The third-order valence-electron chi connectivity index (χ3n) is 3.66. The van der Waals surface area contributed by atoms with Crippen molar-refractivity contribution in [3.8, 4) is 0 Å². The Morgan fingerprint density at radius 2 is 1.86 bits per heavy atom. The molecule has 1 heterocycles. The molecule has 5 heteroatoms. The molecule has 0 amide bonds. The number of carbonyl (C=O) groups excluding carboxylic acids is 2. The summed E-state index contributed by atoms with van der Waals surface area (Å²) in [4.78, 5) is 30.7. The van der Waals surface area contributed by atoms with Crippen molar-refractivity contribution < 1.29 is 9.59 Å². The molecule has 0 aliphatic heterocycles. The van der Waals surface area contributed by atoms with Crippen LogP contribution in [0.2, 0.25) is 0 Å². The van der Waals surface area contributed by atoms with Crippen LogP contribution in [-0.2, 0) is 0 Å². The Balaban J connectivity index is 2.33. The molecule has 2 rings (SSSR count). The summed E-state index contributed by atoms with van der Waals surface area (Å²) < 4.78 is 1.46. The molecule has 0 bridgehead atoms. The number of hydrogen-bond acceptors (Lipinski definition) is 4. The zero-order valence-corrected chi connectivity index (χ0v) is 12.8. The first-order chi connectivity index (χ1) is 10.1. The average Bonchev–Trinajstić information content (AvgIpc) is 2.87. The molecule has 1 aromatic heterocycles. The highest BCUT2D eigenvalue weighted by Gasteiger charge is 2.19. The zero-order valence-electron chi connectivity index (χ0n) is 12.8. The van der Waals surface area contributed by atoms with Crippen LogP contribution in [0.25, 0.3) is 11.0 Å². The van der Waals surface area contributed by atoms with Gasteiger partial charge in [0, 0.05) is 19.9 Å². The standard InChI is InChI=1S/C16H21N3O2/c1-4-18(5-2)11-10-15(21)19-14-9-7-6-8-13(14)17-16(19)12(3)20/h6-9H,4-5,10-11H2,1-3H3. The first-order valence-electron chi connectivity index (χ1n) is 7.32. The lowest BCUT2D eigenvalue weighted by Crippen LogP contribution is -2.28. The van der Waals surface area contributed by atoms with Gasteiger partial charge in [-0.25, -0.2) is 4.98 Å². The Kier molecular flexibility index (Phi) is 4.85. The van der Waals surface area contributed by atoms with Crippen LogP contribution in [0.5, 0.6) is 0 Å². The molecule has 0 aliphatic rings. The Hall–Kier alpha value is -2.01. The zero-order chi connectivity index (χ0) is 15.4. The fourth-order valence-electron chi connectivity index (χ4n) is 2.42. The van der Waals surface area contributed by atoms with Gasteiger partial charge in [-0.05, 0) is 25.2 Å². The normalized spacial score (nSPS) is 11.2. The van der Waals surface area contributed by atoms with Gasteiger partial charge in [0.1, 0.15) is 0 Å². The number of benzene rings is 1. The molecular weight excluding hydrogens is 266 g/mol. The monoisotopic (exact) mass is 287 g/mol. The lowest BCUT2D eigenvalue weighted by atomic mass is 10.3. The molecular formula is C16H21N3O2. The van der Waals surface area contributed by atoms with E-state index in [-0.39, 0.29) is 17.5 Å². The quantitative estimate of drug-likeness (QED) is 0.766. The van der Waals surface area contributed by atoms with Crippen molar-refractivity contribution in [1.82, 2.24) is 14.5 Å². The number of para-hydroxylation sites is 2. The summed E-state index contributed by atoms with van der Waals surface area (Å²) in [6.07, 6.45) is 0.377. The lowest BCUT2D eigenvalue weighted by Gasteiger charge is -2.17. The molecule has 0 saturated carbocycles. The van der Waals surface area contributed by atoms with Crippen LogP contribution >= 0.6 is 0 Å². The summed E-state index contributed by atoms with van der Waals surface area (Å²) in [6.45, 7) is 8.09. The number of Topliss-reactive ketones (excluding diaryl/α,β-unsaturated/α-hetero) is 1. The van der Waals surface area contributed by atoms with Crippen LogP contribution in [0.15, 0.2) is 24.3 Å². The van der Waals surface area contributed by atoms with Crippen molar-refractivity contribution in [3.63, 3.8) is 0 Å². The lowest BCUT2D eigenvalue weighted by molar-refractivity contribution is 0.0869. The summed E-state index contributed by atoms with van der Waals surface area (Å²) in [5.74, 6) is -0.0519. The van der Waals surface area contributed by atoms with Gasteiger partial charge >= 0.3 is 0 Å². The summed E-state index contributed by atoms with van der Waals surface area (Å²) in [5, 5.41) is 0. The fourth-order valence-corrected chi connectivity index (χ4v) is 2.42. The van der Waals surface area contributed by atoms with Crippen LogP contribution in [0.4, 0.5) is 0 Å². The second-order valence-electron chi connectivity index (χ2n) is 4.99. The molecule has 21 heavy (non-hydrogen) atoms. The summed E-state index contributed by atoms with van der Waals surface area (Å²) in [7, 11) is 0. The molecule has 0 atom stereocenters. The Morgan fingerprint density at radius 1 is 1.19 bits per heavy atom. The van der Waals surface area contributed by atoms with E-state index in [0.29, 0.717) is 24.0 Å². The molecule has 0 spiro atoms. The molecule has 0 fully saturated rings. The molecule has 0 unspecified atom stereocenters. The van der Waals surface area contributed by atoms with Gasteiger partial charge in [-0.1, -0.05) is 26.0 Å². The number of ketones is 1. The van der Waals surface area contributed by atoms with Crippen molar-refractivity contribution in [3.05, 3.63) is 30.1 Å².